The highest BCUT2D eigenvalue weighted by Crippen LogP contribution is 2.53. The number of fused-ring (bicyclic) bond motifs is 11. The van der Waals surface area contributed by atoms with Gasteiger partial charge in [-0.15, -0.1) is 0 Å². The third-order valence-corrected chi connectivity index (χ3v) is 35.7. The van der Waals surface area contributed by atoms with Crippen molar-refractivity contribution in [3.05, 3.63) is 382 Å². The first kappa shape index (κ1) is 68.9. The highest BCUT2D eigenvalue weighted by molar-refractivity contribution is 8.05. The number of phenols is 2. The molecule has 16 aromatic rings. The Morgan fingerprint density at radius 2 is 0.481 bits per heavy atom. The van der Waals surface area contributed by atoms with Crippen molar-refractivity contribution in [3.63, 3.8) is 0 Å². The number of phenolic OH excluding ortho intramolecular Hbond substituents is 2. The molecule has 0 saturated carbocycles. The van der Waals surface area contributed by atoms with Gasteiger partial charge in [-0.05, 0) is 201 Å². The van der Waals surface area contributed by atoms with Crippen molar-refractivity contribution in [2.75, 3.05) is 0 Å². The van der Waals surface area contributed by atoms with Crippen molar-refractivity contribution in [1.82, 2.24) is 0 Å². The first-order valence-corrected chi connectivity index (χ1v) is 43.8. The molecule has 0 radical (unpaired) electrons. The molecule has 504 valence electrons. The third kappa shape index (κ3) is 14.1. The molecule has 4 nitrogen and oxygen atoms in total. The van der Waals surface area contributed by atoms with Gasteiger partial charge < -0.3 is 10.2 Å². The van der Waals surface area contributed by atoms with Gasteiger partial charge >= 0.3 is 0 Å². The van der Waals surface area contributed by atoms with Gasteiger partial charge in [-0.1, -0.05) is 211 Å². The van der Waals surface area contributed by atoms with Crippen LogP contribution in [0, 0.1) is 6.92 Å². The first-order valence-electron chi connectivity index (χ1n) is 33.8. The van der Waals surface area contributed by atoms with Gasteiger partial charge in [0, 0.05) is 33.4 Å². The molecule has 2 N–H and O–H groups in total. The maximum absolute atomic E-state index is 12.9. The van der Waals surface area contributed by atoms with E-state index in [-0.39, 0.29) is 54.0 Å². The Morgan fingerprint density at radius 3 is 0.817 bits per heavy atom. The molecule has 0 spiro atoms. The molecule has 13 heteroatoms. The molecule has 0 saturated heterocycles. The van der Waals surface area contributed by atoms with E-state index >= 15 is 0 Å². The summed E-state index contributed by atoms with van der Waals surface area (Å²) in [6, 6.07) is 129. The molecule has 1 aromatic heterocycles. The normalized spacial score (nSPS) is 13.6. The molecule has 0 unspecified atom stereocenters. The summed E-state index contributed by atoms with van der Waals surface area (Å²) in [5, 5.41) is 21.7. The number of sulfone groups is 1. The highest BCUT2D eigenvalue weighted by atomic mass is 32.2. The predicted octanol–water partition coefficient (Wildman–Crippen LogP) is 25.1. The van der Waals surface area contributed by atoms with Gasteiger partial charge in [-0.2, -0.15) is 0 Å². The van der Waals surface area contributed by atoms with Crippen LogP contribution in [-0.2, 0) is 53.4 Å². The van der Waals surface area contributed by atoms with E-state index in [9.17, 15) is 18.6 Å². The van der Waals surface area contributed by atoms with Crippen molar-refractivity contribution < 1.29 is 18.6 Å². The summed E-state index contributed by atoms with van der Waals surface area (Å²) in [6.45, 7) is 2.14. The lowest BCUT2D eigenvalue weighted by molar-refractivity contribution is 0.474. The maximum Gasteiger partial charge on any atom is 0.216 e. The van der Waals surface area contributed by atoms with Crippen molar-refractivity contribution in [1.29, 1.82) is 0 Å². The van der Waals surface area contributed by atoms with E-state index in [0.717, 1.165) is 14.7 Å². The zero-order chi connectivity index (χ0) is 70.5. The molecule has 0 amide bonds. The summed E-state index contributed by atoms with van der Waals surface area (Å²) in [5.74, 6) is 0.633. The molecule has 4 aliphatic rings. The van der Waals surface area contributed by atoms with Gasteiger partial charge in [0.25, 0.3) is 0 Å². The molecule has 0 fully saturated rings. The summed E-state index contributed by atoms with van der Waals surface area (Å²) < 4.78 is 28.5. The number of hydrogen-bond acceptors (Lipinski definition) is 7. The van der Waals surface area contributed by atoms with E-state index in [1.807, 2.05) is 102 Å². The van der Waals surface area contributed by atoms with Crippen LogP contribution in [0.25, 0.3) is 25.1 Å². The topological polar surface area (TPSA) is 74.6 Å². The van der Waals surface area contributed by atoms with Crippen LogP contribution in [-0.4, -0.2) is 18.6 Å². The molecular weight excluding hydrogens is 1450 g/mol. The number of thiophene rings is 1. The lowest BCUT2D eigenvalue weighted by Gasteiger charge is -2.19. The smallest absolute Gasteiger partial charge is 0.216 e. The van der Waals surface area contributed by atoms with Crippen LogP contribution >= 0.6 is 45.8 Å². The van der Waals surface area contributed by atoms with E-state index < -0.39 is 9.84 Å². The number of aromatic hydroxyl groups is 2. The van der Waals surface area contributed by atoms with Crippen LogP contribution in [0.2, 0.25) is 0 Å². The molecule has 104 heavy (non-hydrogen) atoms. The molecule has 20 rings (SSSR count). The SMILES string of the molecule is Cc1ccc([S+]2c3ccccc3Sc3ccccc32)cc1.O=S1(=O)c2ccccc2[S+](c2ccccc2)c2ccccc21.Oc1ccc(-[s+]2c3ccccc3c3ccccc32)cc1.Oc1ccc([S+]2c3ccccc3Sc3ccccc32)cc1.c1ccc([S+]2c3ccccc3Sc3ccccc32)cc1. The largest absolute Gasteiger partial charge is 0.508 e. The third-order valence-electron chi connectivity index (χ3n) is 17.7. The number of benzene rings is 15. The van der Waals surface area contributed by atoms with Gasteiger partial charge in [-0.3, -0.25) is 0 Å². The summed E-state index contributed by atoms with van der Waals surface area (Å²) >= 11 is 5.62. The van der Waals surface area contributed by atoms with E-state index in [4.69, 9.17) is 0 Å². The number of aryl methyl sites for hydroxylation is 1. The minimum Gasteiger partial charge on any atom is -0.508 e. The molecule has 0 aliphatic carbocycles. The fourth-order valence-electron chi connectivity index (χ4n) is 12.9. The average molecular weight is 1510 g/mol. The predicted molar refractivity (Wildman–Crippen MR) is 437 cm³/mol. The standard InChI is InChI=1S/C19H15S2.C18H13O2S2.C18H12OS2.C18H12OS.C18H13S2/c1-14-10-12-15(13-11-14)21-18-8-4-2-6-16(18)20-17-7-3-5-9-19(17)21;19-22(20)17-12-6-4-10-15(17)21(14-8-2-1-3-9-14)16-11-5-7-13-18(16)22;19-13-9-11-14(12-10-13)21-17-7-3-1-5-15(17)20-16-6-2-4-8-18(16)21;19-13-9-11-14(12-10-13)20-17-7-3-1-5-15(17)16-6-2-4-8-18(16)20;1-2-8-14(9-3-1)20-17-12-6-4-10-15(17)19-16-11-5-7-13-18(16)20/h2-13H,1H3;1-13H;1-12H;1-12H;1-13H/q2*+1;;;+1/p+2. The second-order valence-electron chi connectivity index (χ2n) is 24.3. The number of rotatable bonds is 5. The number of hydrogen-bond donors (Lipinski definition) is 2. The fourth-order valence-corrected chi connectivity index (χ4v) is 31.3. The van der Waals surface area contributed by atoms with Crippen LogP contribution in [0.3, 0.4) is 0 Å². The average Bonchev–Trinajstić information content (AvgIpc) is 0.869. The molecule has 15 aromatic carbocycles. The monoisotopic (exact) mass is 1510 g/mol. The van der Waals surface area contributed by atoms with Crippen molar-refractivity contribution >= 4 is 119 Å². The summed E-state index contributed by atoms with van der Waals surface area (Å²) in [6.07, 6.45) is 0. The minimum absolute atomic E-state index is 0.0130. The van der Waals surface area contributed by atoms with E-state index in [2.05, 4.69) is 268 Å². The summed E-state index contributed by atoms with van der Waals surface area (Å²) in [5.41, 5.74) is 1.32. The zero-order valence-electron chi connectivity index (χ0n) is 56.2. The quantitative estimate of drug-likeness (QED) is 0.166. The van der Waals surface area contributed by atoms with Crippen LogP contribution in [0.4, 0.5) is 0 Å². The van der Waals surface area contributed by atoms with Crippen molar-refractivity contribution in [2.24, 2.45) is 0 Å². The Bertz CT molecular complexity index is 5490. The molecular formula is C91H67O4S9+5. The Labute approximate surface area is 634 Å². The Hall–Kier alpha value is -9.48. The lowest BCUT2D eigenvalue weighted by Crippen LogP contribution is -2.20. The van der Waals surface area contributed by atoms with Gasteiger partial charge in [0.05, 0.1) is 29.4 Å². The van der Waals surface area contributed by atoms with Gasteiger partial charge in [0.1, 0.15) is 64.9 Å². The highest BCUT2D eigenvalue weighted by Gasteiger charge is 2.45. The zero-order valence-corrected chi connectivity index (χ0v) is 63.5. The van der Waals surface area contributed by atoms with Gasteiger partial charge in [0.2, 0.25) is 9.84 Å². The van der Waals surface area contributed by atoms with E-state index in [1.54, 1.807) is 48.5 Å². The molecule has 0 atom stereocenters. The van der Waals surface area contributed by atoms with Crippen LogP contribution in [0.5, 0.6) is 11.5 Å². The molecule has 5 heterocycles. The second-order valence-corrected chi connectivity index (χ2v) is 39.3. The summed E-state index contributed by atoms with van der Waals surface area (Å²) in [4.78, 5) is 25.8. The lowest BCUT2D eigenvalue weighted by atomic mass is 10.2. The minimum atomic E-state index is -3.44. The van der Waals surface area contributed by atoms with Gasteiger partial charge in [-0.25, -0.2) is 8.42 Å². The molecule has 4 aliphatic heterocycles. The van der Waals surface area contributed by atoms with E-state index in [0.29, 0.717) is 21.3 Å². The Balaban J connectivity index is 0.000000100. The second kappa shape index (κ2) is 31.1. The fraction of sp³-hybridized carbons (Fsp3) is 0.0110. The van der Waals surface area contributed by atoms with Gasteiger partial charge in [0.15, 0.2) is 73.0 Å². The van der Waals surface area contributed by atoms with Crippen LogP contribution in [0.1, 0.15) is 5.56 Å². The van der Waals surface area contributed by atoms with Crippen molar-refractivity contribution in [2.45, 2.75) is 105 Å². The maximum atomic E-state index is 12.9. The van der Waals surface area contributed by atoms with Crippen LogP contribution < -0.4 is 0 Å². The Kier molecular flexibility index (Phi) is 20.6. The summed E-state index contributed by atoms with van der Waals surface area (Å²) in [7, 11) is -3.94. The van der Waals surface area contributed by atoms with Crippen molar-refractivity contribution in [3.8, 4) is 16.4 Å². The van der Waals surface area contributed by atoms with E-state index in [1.165, 1.54) is 104 Å². The molecule has 0 bridgehead atoms. The Morgan fingerprint density at radius 1 is 0.240 bits per heavy atom. The van der Waals surface area contributed by atoms with Crippen LogP contribution in [0.15, 0.2) is 474 Å². The first-order chi connectivity index (χ1) is 51.1.